The van der Waals surface area contributed by atoms with Gasteiger partial charge in [-0.25, -0.2) is 0 Å². The van der Waals surface area contributed by atoms with Crippen LogP contribution in [0.1, 0.15) is 60.1 Å². The van der Waals surface area contributed by atoms with Crippen molar-refractivity contribution in [1.29, 1.82) is 0 Å². The summed E-state index contributed by atoms with van der Waals surface area (Å²) < 4.78 is 40.1. The highest BCUT2D eigenvalue weighted by atomic mass is 19.4. The number of hydrogen-bond donors (Lipinski definition) is 2. The lowest BCUT2D eigenvalue weighted by Gasteiger charge is -2.35. The number of carbonyl (C=O) groups excluding carboxylic acids is 1. The van der Waals surface area contributed by atoms with Gasteiger partial charge in [-0.1, -0.05) is 67.4 Å². The van der Waals surface area contributed by atoms with Crippen LogP contribution in [0.3, 0.4) is 0 Å². The maximum absolute atomic E-state index is 13.4. The molecule has 3 nitrogen and oxygen atoms in total. The van der Waals surface area contributed by atoms with E-state index in [4.69, 9.17) is 0 Å². The fourth-order valence-corrected chi connectivity index (χ4v) is 4.72. The molecule has 1 aliphatic carbocycles. The Morgan fingerprint density at radius 2 is 1.56 bits per heavy atom. The average Bonchev–Trinajstić information content (AvgIpc) is 2.79. The quantitative estimate of drug-likeness (QED) is 0.492. The number of benzene rings is 3. The number of halogens is 3. The fraction of sp³-hybridized carbons (Fsp3) is 0.346. The molecular weight excluding hydrogens is 413 g/mol. The van der Waals surface area contributed by atoms with Gasteiger partial charge in [0.1, 0.15) is 0 Å². The van der Waals surface area contributed by atoms with Crippen LogP contribution in [0, 0.1) is 0 Å². The van der Waals surface area contributed by atoms with E-state index in [9.17, 15) is 18.0 Å². The molecule has 0 spiro atoms. The molecule has 1 aliphatic rings. The highest BCUT2D eigenvalue weighted by molar-refractivity contribution is 5.96. The Kier molecular flexibility index (Phi) is 6.51. The van der Waals surface area contributed by atoms with E-state index >= 15 is 0 Å². The first-order valence-electron chi connectivity index (χ1n) is 11.1. The van der Waals surface area contributed by atoms with Gasteiger partial charge >= 0.3 is 6.18 Å². The van der Waals surface area contributed by atoms with E-state index < -0.39 is 17.6 Å². The van der Waals surface area contributed by atoms with Gasteiger partial charge in [-0.2, -0.15) is 13.2 Å². The van der Waals surface area contributed by atoms with Gasteiger partial charge < -0.3 is 10.6 Å². The lowest BCUT2D eigenvalue weighted by molar-refractivity contribution is -0.137. The second kappa shape index (κ2) is 9.33. The molecule has 3 aromatic carbocycles. The van der Waals surface area contributed by atoms with Crippen molar-refractivity contribution in [3.05, 3.63) is 83.4 Å². The van der Waals surface area contributed by atoms with Gasteiger partial charge in [0.2, 0.25) is 0 Å². The molecule has 1 fully saturated rings. The van der Waals surface area contributed by atoms with Crippen molar-refractivity contribution in [3.63, 3.8) is 0 Å². The summed E-state index contributed by atoms with van der Waals surface area (Å²) in [5.74, 6) is -0.672. The molecule has 168 valence electrons. The monoisotopic (exact) mass is 440 g/mol. The molecule has 0 aliphatic heterocycles. The molecule has 0 heterocycles. The maximum atomic E-state index is 13.4. The third kappa shape index (κ3) is 4.80. The van der Waals surface area contributed by atoms with E-state index in [1.165, 1.54) is 29.1 Å². The van der Waals surface area contributed by atoms with Crippen LogP contribution in [0.25, 0.3) is 10.8 Å². The molecule has 32 heavy (non-hydrogen) atoms. The maximum Gasteiger partial charge on any atom is 0.417 e. The highest BCUT2D eigenvalue weighted by Gasteiger charge is 2.36. The third-order valence-corrected chi connectivity index (χ3v) is 6.31. The molecule has 2 N–H and O–H groups in total. The lowest BCUT2D eigenvalue weighted by Crippen LogP contribution is -2.52. The second-order valence-corrected chi connectivity index (χ2v) is 8.47. The Morgan fingerprint density at radius 3 is 2.34 bits per heavy atom. The molecule has 3 aromatic rings. The fourth-order valence-electron chi connectivity index (χ4n) is 4.72. The molecular formula is C26H27F3N2O. The zero-order valence-electron chi connectivity index (χ0n) is 18.0. The molecule has 0 saturated heterocycles. The van der Waals surface area contributed by atoms with Crippen LogP contribution in [-0.2, 0) is 6.18 Å². The third-order valence-electron chi connectivity index (χ3n) is 6.31. The van der Waals surface area contributed by atoms with Crippen LogP contribution in [0.2, 0.25) is 0 Å². The summed E-state index contributed by atoms with van der Waals surface area (Å²) in [7, 11) is 0. The van der Waals surface area contributed by atoms with Crippen molar-refractivity contribution < 1.29 is 18.0 Å². The van der Waals surface area contributed by atoms with Crippen LogP contribution in [0.4, 0.5) is 13.2 Å². The Balaban J connectivity index is 1.52. The molecule has 0 radical (unpaired) electrons. The number of rotatable bonds is 5. The van der Waals surface area contributed by atoms with Gasteiger partial charge in [0, 0.05) is 18.1 Å². The number of alkyl halides is 3. The minimum absolute atomic E-state index is 0.0142. The van der Waals surface area contributed by atoms with Gasteiger partial charge in [-0.3, -0.25) is 4.79 Å². The van der Waals surface area contributed by atoms with Crippen LogP contribution in [0.5, 0.6) is 0 Å². The first kappa shape index (κ1) is 22.3. The molecule has 3 atom stereocenters. The average molecular weight is 441 g/mol. The first-order valence-corrected chi connectivity index (χ1v) is 11.1. The standard InChI is InChI=1S/C26H27F3N2O/c1-17(19-13-8-10-18-9-2-3-11-20(18)19)30-23-15-6-7-16-24(23)31-25(32)21-12-4-5-14-22(21)26(27,28)29/h2-5,8-14,17,23-24,30H,6-7,15-16H2,1H3,(H,31,32)/t17?,23-,24-/m1/s1. The van der Waals surface area contributed by atoms with Gasteiger partial charge in [-0.05, 0) is 48.2 Å². The largest absolute Gasteiger partial charge is 0.417 e. The molecule has 6 heteroatoms. The molecule has 1 saturated carbocycles. The SMILES string of the molecule is CC(N[C@@H]1CCCC[C@H]1NC(=O)c1ccccc1C(F)(F)F)c1cccc2ccccc12. The zero-order chi connectivity index (χ0) is 22.7. The summed E-state index contributed by atoms with van der Waals surface area (Å²) in [6.45, 7) is 2.09. The van der Waals surface area contributed by atoms with Crippen LogP contribution >= 0.6 is 0 Å². The molecule has 0 bridgehead atoms. The molecule has 4 rings (SSSR count). The van der Waals surface area contributed by atoms with Crippen LogP contribution in [0.15, 0.2) is 66.7 Å². The van der Waals surface area contributed by atoms with Crippen LogP contribution in [-0.4, -0.2) is 18.0 Å². The molecule has 0 aromatic heterocycles. The number of carbonyl (C=O) groups is 1. The number of amides is 1. The van der Waals surface area contributed by atoms with E-state index in [0.717, 1.165) is 37.1 Å². The lowest BCUT2D eigenvalue weighted by atomic mass is 9.88. The summed E-state index contributed by atoms with van der Waals surface area (Å²) in [4.78, 5) is 12.8. The van der Waals surface area contributed by atoms with Crippen molar-refractivity contribution >= 4 is 16.7 Å². The number of nitrogens with one attached hydrogen (secondary N) is 2. The zero-order valence-corrected chi connectivity index (χ0v) is 18.0. The van der Waals surface area contributed by atoms with Crippen LogP contribution < -0.4 is 10.6 Å². The topological polar surface area (TPSA) is 41.1 Å². The van der Waals surface area contributed by atoms with Crippen molar-refractivity contribution in [2.45, 2.75) is 56.9 Å². The highest BCUT2D eigenvalue weighted by Crippen LogP contribution is 2.32. The summed E-state index contributed by atoms with van der Waals surface area (Å²) >= 11 is 0. The van der Waals surface area contributed by atoms with Crippen molar-refractivity contribution in [3.8, 4) is 0 Å². The Labute approximate surface area is 186 Å². The van der Waals surface area contributed by atoms with Gasteiger partial charge in [-0.15, -0.1) is 0 Å². The normalized spacial score (nSPS) is 20.1. The van der Waals surface area contributed by atoms with Gasteiger partial charge in [0.05, 0.1) is 11.1 Å². The predicted octanol–water partition coefficient (Wildman–Crippen LogP) is 6.25. The van der Waals surface area contributed by atoms with E-state index in [1.807, 2.05) is 18.2 Å². The number of fused-ring (bicyclic) bond motifs is 1. The first-order chi connectivity index (χ1) is 15.3. The Morgan fingerprint density at radius 1 is 0.906 bits per heavy atom. The molecule has 1 unspecified atom stereocenters. The van der Waals surface area contributed by atoms with E-state index in [1.54, 1.807) is 0 Å². The van der Waals surface area contributed by atoms with Crippen molar-refractivity contribution in [1.82, 2.24) is 10.6 Å². The van der Waals surface area contributed by atoms with E-state index in [2.05, 4.69) is 41.8 Å². The van der Waals surface area contributed by atoms with Gasteiger partial charge in [0.25, 0.3) is 5.91 Å². The Bertz CT molecular complexity index is 1090. The van der Waals surface area contributed by atoms with Crippen molar-refractivity contribution in [2.24, 2.45) is 0 Å². The second-order valence-electron chi connectivity index (χ2n) is 8.47. The minimum Gasteiger partial charge on any atom is -0.348 e. The minimum atomic E-state index is -4.57. The van der Waals surface area contributed by atoms with E-state index in [-0.39, 0.29) is 23.7 Å². The number of hydrogen-bond acceptors (Lipinski definition) is 2. The summed E-state index contributed by atoms with van der Waals surface area (Å²) in [6, 6.07) is 19.1. The van der Waals surface area contributed by atoms with Gasteiger partial charge in [0.15, 0.2) is 0 Å². The molecule has 1 amide bonds. The Hall–Kier alpha value is -2.86. The summed E-state index contributed by atoms with van der Waals surface area (Å²) in [5, 5.41) is 8.87. The summed E-state index contributed by atoms with van der Waals surface area (Å²) in [5.41, 5.74) is -0.0606. The summed E-state index contributed by atoms with van der Waals surface area (Å²) in [6.07, 6.45) is -1.01. The predicted molar refractivity (Wildman–Crippen MR) is 120 cm³/mol. The van der Waals surface area contributed by atoms with E-state index in [0.29, 0.717) is 0 Å². The van der Waals surface area contributed by atoms with Crippen molar-refractivity contribution in [2.75, 3.05) is 0 Å². The smallest absolute Gasteiger partial charge is 0.348 e.